The van der Waals surface area contributed by atoms with Crippen LogP contribution in [-0.2, 0) is 4.74 Å². The predicted molar refractivity (Wildman–Crippen MR) is 55.6 cm³/mol. The maximum absolute atomic E-state index is 12.8. The zero-order chi connectivity index (χ0) is 12.3. The second kappa shape index (κ2) is 5.09. The Morgan fingerprint density at radius 3 is 3.18 bits per heavy atom. The highest BCUT2D eigenvalue weighted by atomic mass is 19.1. The third-order valence-electron chi connectivity index (χ3n) is 2.53. The van der Waals surface area contributed by atoms with Crippen LogP contribution in [0.1, 0.15) is 16.8 Å². The molecule has 1 aromatic rings. The molecule has 2 heterocycles. The van der Waals surface area contributed by atoms with Gasteiger partial charge < -0.3 is 14.6 Å². The van der Waals surface area contributed by atoms with Crippen LogP contribution in [0.3, 0.4) is 0 Å². The van der Waals surface area contributed by atoms with Gasteiger partial charge in [-0.05, 0) is 12.5 Å². The normalized spacial score (nSPS) is 19.2. The quantitative estimate of drug-likeness (QED) is 0.861. The maximum atomic E-state index is 12.8. The van der Waals surface area contributed by atoms with E-state index in [1.807, 2.05) is 0 Å². The maximum Gasteiger partial charge on any atom is 0.341 e. The zero-order valence-electron chi connectivity index (χ0n) is 9.06. The molecule has 0 bridgehead atoms. The minimum Gasteiger partial charge on any atom is -0.477 e. The van der Waals surface area contributed by atoms with E-state index in [1.165, 1.54) is 0 Å². The van der Waals surface area contributed by atoms with Crippen molar-refractivity contribution in [2.75, 3.05) is 19.8 Å². The van der Waals surface area contributed by atoms with E-state index >= 15 is 0 Å². The summed E-state index contributed by atoms with van der Waals surface area (Å²) in [5.74, 6) is -1.76. The number of hydrogen-bond donors (Lipinski definition) is 1. The summed E-state index contributed by atoms with van der Waals surface area (Å²) in [4.78, 5) is 14.5. The molecule has 17 heavy (non-hydrogen) atoms. The predicted octanol–water partition coefficient (Wildman–Crippen LogP) is 1.33. The van der Waals surface area contributed by atoms with Crippen molar-refractivity contribution in [2.24, 2.45) is 5.92 Å². The highest BCUT2D eigenvalue weighted by Gasteiger charge is 2.19. The van der Waals surface area contributed by atoms with Gasteiger partial charge in [-0.2, -0.15) is 0 Å². The number of aromatic nitrogens is 1. The number of aromatic carboxylic acids is 1. The standard InChI is InChI=1S/C11H12FNO4/c12-8-3-9(11(14)15)10(13-4-8)17-6-7-1-2-16-5-7/h3-4,7H,1-2,5-6H2,(H,14,15). The summed E-state index contributed by atoms with van der Waals surface area (Å²) in [5.41, 5.74) is -0.260. The van der Waals surface area contributed by atoms with Gasteiger partial charge in [0.05, 0.1) is 19.4 Å². The highest BCUT2D eigenvalue weighted by Crippen LogP contribution is 2.19. The third kappa shape index (κ3) is 2.91. The van der Waals surface area contributed by atoms with Crippen LogP contribution in [-0.4, -0.2) is 35.9 Å². The Hall–Kier alpha value is -1.69. The van der Waals surface area contributed by atoms with Gasteiger partial charge in [-0.1, -0.05) is 0 Å². The number of ether oxygens (including phenoxy) is 2. The molecule has 0 spiro atoms. The second-order valence-electron chi connectivity index (χ2n) is 3.85. The zero-order valence-corrected chi connectivity index (χ0v) is 9.06. The molecule has 0 radical (unpaired) electrons. The van der Waals surface area contributed by atoms with Crippen LogP contribution in [0.5, 0.6) is 5.88 Å². The molecule has 1 aromatic heterocycles. The Kier molecular flexibility index (Phi) is 3.53. The lowest BCUT2D eigenvalue weighted by molar-refractivity contribution is 0.0689. The Morgan fingerprint density at radius 1 is 1.71 bits per heavy atom. The lowest BCUT2D eigenvalue weighted by atomic mass is 10.1. The minimum atomic E-state index is -1.25. The van der Waals surface area contributed by atoms with E-state index in [4.69, 9.17) is 14.6 Å². The van der Waals surface area contributed by atoms with Crippen molar-refractivity contribution in [1.29, 1.82) is 0 Å². The first kappa shape index (κ1) is 11.8. The number of halogens is 1. The summed E-state index contributed by atoms with van der Waals surface area (Å²) >= 11 is 0. The molecule has 5 nitrogen and oxygen atoms in total. The van der Waals surface area contributed by atoms with E-state index in [2.05, 4.69) is 4.98 Å². The van der Waals surface area contributed by atoms with E-state index in [-0.39, 0.29) is 17.4 Å². The number of nitrogens with zero attached hydrogens (tertiary/aromatic N) is 1. The number of carboxylic acid groups (broad SMARTS) is 1. The smallest absolute Gasteiger partial charge is 0.341 e. The summed E-state index contributed by atoms with van der Waals surface area (Å²) in [5, 5.41) is 8.87. The van der Waals surface area contributed by atoms with Crippen LogP contribution in [0.2, 0.25) is 0 Å². The van der Waals surface area contributed by atoms with E-state index < -0.39 is 11.8 Å². The summed E-state index contributed by atoms with van der Waals surface area (Å²) in [7, 11) is 0. The number of carboxylic acids is 1. The van der Waals surface area contributed by atoms with E-state index in [1.54, 1.807) is 0 Å². The van der Waals surface area contributed by atoms with E-state index in [0.29, 0.717) is 19.8 Å². The lowest BCUT2D eigenvalue weighted by Gasteiger charge is -2.11. The topological polar surface area (TPSA) is 68.7 Å². The van der Waals surface area contributed by atoms with Crippen LogP contribution >= 0.6 is 0 Å². The fraction of sp³-hybridized carbons (Fsp3) is 0.455. The van der Waals surface area contributed by atoms with E-state index in [9.17, 15) is 9.18 Å². The molecule has 1 unspecified atom stereocenters. The average molecular weight is 241 g/mol. The van der Waals surface area contributed by atoms with Gasteiger partial charge in [0.25, 0.3) is 0 Å². The molecule has 0 aliphatic carbocycles. The highest BCUT2D eigenvalue weighted by molar-refractivity contribution is 5.90. The molecule has 1 fully saturated rings. The fourth-order valence-electron chi connectivity index (χ4n) is 1.61. The summed E-state index contributed by atoms with van der Waals surface area (Å²) in [6.07, 6.45) is 1.82. The molecule has 1 aliphatic heterocycles. The lowest BCUT2D eigenvalue weighted by Crippen LogP contribution is -2.14. The van der Waals surface area contributed by atoms with Gasteiger partial charge in [-0.3, -0.25) is 0 Å². The molecular formula is C11H12FNO4. The van der Waals surface area contributed by atoms with Crippen LogP contribution in [0.25, 0.3) is 0 Å². The first-order valence-corrected chi connectivity index (χ1v) is 5.26. The van der Waals surface area contributed by atoms with Gasteiger partial charge in [0, 0.05) is 12.5 Å². The number of carbonyl (C=O) groups is 1. The second-order valence-corrected chi connectivity index (χ2v) is 3.85. The molecule has 92 valence electrons. The van der Waals surface area contributed by atoms with Gasteiger partial charge in [-0.25, -0.2) is 14.2 Å². The van der Waals surface area contributed by atoms with Gasteiger partial charge in [0.2, 0.25) is 5.88 Å². The summed E-state index contributed by atoms with van der Waals surface area (Å²) in [6, 6.07) is 0.899. The molecule has 0 amide bonds. The number of pyridine rings is 1. The monoisotopic (exact) mass is 241 g/mol. The van der Waals surface area contributed by atoms with Gasteiger partial charge in [0.1, 0.15) is 11.4 Å². The van der Waals surface area contributed by atoms with Crippen molar-refractivity contribution >= 4 is 5.97 Å². The number of hydrogen-bond acceptors (Lipinski definition) is 4. The first-order chi connectivity index (χ1) is 8.16. The summed E-state index contributed by atoms with van der Waals surface area (Å²) < 4.78 is 23.3. The molecule has 1 atom stereocenters. The van der Waals surface area contributed by atoms with Crippen molar-refractivity contribution in [3.8, 4) is 5.88 Å². The largest absolute Gasteiger partial charge is 0.477 e. The van der Waals surface area contributed by atoms with Gasteiger partial charge >= 0.3 is 5.97 Å². The Bertz CT molecular complexity index is 418. The molecule has 0 aromatic carbocycles. The molecule has 1 aliphatic rings. The Labute approximate surface area is 97.2 Å². The van der Waals surface area contributed by atoms with Gasteiger partial charge in [0.15, 0.2) is 0 Å². The van der Waals surface area contributed by atoms with Crippen LogP contribution in [0.4, 0.5) is 4.39 Å². The molecule has 1 saturated heterocycles. The van der Waals surface area contributed by atoms with Crippen molar-refractivity contribution in [3.63, 3.8) is 0 Å². The molecule has 2 rings (SSSR count). The van der Waals surface area contributed by atoms with Crippen LogP contribution in [0, 0.1) is 11.7 Å². The van der Waals surface area contributed by atoms with Crippen LogP contribution < -0.4 is 4.74 Å². The average Bonchev–Trinajstić information content (AvgIpc) is 2.80. The van der Waals surface area contributed by atoms with E-state index in [0.717, 1.165) is 18.7 Å². The Morgan fingerprint density at radius 2 is 2.53 bits per heavy atom. The summed E-state index contributed by atoms with van der Waals surface area (Å²) in [6.45, 7) is 1.62. The molecule has 1 N–H and O–H groups in total. The van der Waals surface area contributed by atoms with Crippen molar-refractivity contribution in [3.05, 3.63) is 23.6 Å². The first-order valence-electron chi connectivity index (χ1n) is 5.26. The molecule has 6 heteroatoms. The number of rotatable bonds is 4. The Balaban J connectivity index is 2.06. The van der Waals surface area contributed by atoms with Crippen molar-refractivity contribution in [2.45, 2.75) is 6.42 Å². The molecular weight excluding hydrogens is 229 g/mol. The fourth-order valence-corrected chi connectivity index (χ4v) is 1.61. The van der Waals surface area contributed by atoms with Crippen molar-refractivity contribution < 1.29 is 23.8 Å². The van der Waals surface area contributed by atoms with Crippen molar-refractivity contribution in [1.82, 2.24) is 4.98 Å². The van der Waals surface area contributed by atoms with Gasteiger partial charge in [-0.15, -0.1) is 0 Å². The third-order valence-corrected chi connectivity index (χ3v) is 2.53. The van der Waals surface area contributed by atoms with Crippen LogP contribution in [0.15, 0.2) is 12.3 Å². The SMILES string of the molecule is O=C(O)c1cc(F)cnc1OCC1CCOC1. The molecule has 0 saturated carbocycles. The minimum absolute atomic E-state index is 0.0502.